The van der Waals surface area contributed by atoms with E-state index >= 15 is 0 Å². The Balaban J connectivity index is 2.88. The van der Waals surface area contributed by atoms with Crippen molar-refractivity contribution in [2.75, 3.05) is 0 Å². The third-order valence-electron chi connectivity index (χ3n) is 1.25. The Labute approximate surface area is 58.8 Å². The zero-order valence-electron chi connectivity index (χ0n) is 5.76. The monoisotopic (exact) mass is 139 g/mol. The number of hydrogen-bond acceptors (Lipinski definition) is 2. The molecule has 3 heteroatoms. The molecule has 0 aliphatic heterocycles. The van der Waals surface area contributed by atoms with Crippen LogP contribution in [0.3, 0.4) is 0 Å². The van der Waals surface area contributed by atoms with Crippen molar-refractivity contribution < 1.29 is 9.21 Å². The first-order valence-corrected chi connectivity index (χ1v) is 3.12. The second-order valence-electron chi connectivity index (χ2n) is 1.98. The highest BCUT2D eigenvalue weighted by Crippen LogP contribution is 2.06. The third-order valence-corrected chi connectivity index (χ3v) is 1.25. The average Bonchev–Trinajstić information content (AvgIpc) is 2.34. The fourth-order valence-corrected chi connectivity index (χ4v) is 0.700. The Morgan fingerprint density at radius 1 is 1.70 bits per heavy atom. The zero-order chi connectivity index (χ0) is 7.56. The summed E-state index contributed by atoms with van der Waals surface area (Å²) in [4.78, 5) is 10.5. The van der Waals surface area contributed by atoms with E-state index in [9.17, 15) is 4.79 Å². The minimum Gasteiger partial charge on any atom is -0.456 e. The van der Waals surface area contributed by atoms with E-state index < -0.39 is 5.91 Å². The Morgan fingerprint density at radius 2 is 2.40 bits per heavy atom. The Kier molecular flexibility index (Phi) is 1.76. The summed E-state index contributed by atoms with van der Waals surface area (Å²) >= 11 is 0. The lowest BCUT2D eigenvalue weighted by atomic mass is 10.3. The van der Waals surface area contributed by atoms with Crippen molar-refractivity contribution in [1.82, 2.24) is 0 Å². The molecule has 0 spiro atoms. The predicted octanol–water partition coefficient (Wildman–Crippen LogP) is 0.941. The van der Waals surface area contributed by atoms with Gasteiger partial charge in [-0.15, -0.1) is 0 Å². The van der Waals surface area contributed by atoms with Gasteiger partial charge in [0.2, 0.25) is 0 Å². The number of carbonyl (C=O) groups excluding carboxylic acids is 1. The van der Waals surface area contributed by atoms with Gasteiger partial charge in [0.25, 0.3) is 5.91 Å². The van der Waals surface area contributed by atoms with Crippen LogP contribution in [0.4, 0.5) is 0 Å². The van der Waals surface area contributed by atoms with Crippen LogP contribution in [0.25, 0.3) is 0 Å². The van der Waals surface area contributed by atoms with E-state index in [0.29, 0.717) is 0 Å². The smallest absolute Gasteiger partial charge is 0.284 e. The second-order valence-corrected chi connectivity index (χ2v) is 1.98. The van der Waals surface area contributed by atoms with Crippen LogP contribution in [-0.2, 0) is 6.42 Å². The number of nitrogens with two attached hydrogens (primary N) is 1. The Morgan fingerprint density at radius 3 is 2.70 bits per heavy atom. The molecule has 1 rings (SSSR count). The number of hydrogen-bond donors (Lipinski definition) is 1. The molecule has 0 aliphatic carbocycles. The summed E-state index contributed by atoms with van der Waals surface area (Å²) in [6.07, 6.45) is 0.785. The molecule has 0 atom stereocenters. The van der Waals surface area contributed by atoms with Gasteiger partial charge in [-0.2, -0.15) is 0 Å². The van der Waals surface area contributed by atoms with Gasteiger partial charge in [-0.3, -0.25) is 4.79 Å². The number of aryl methyl sites for hydroxylation is 1. The van der Waals surface area contributed by atoms with Gasteiger partial charge in [0, 0.05) is 6.42 Å². The number of primary amides is 1. The van der Waals surface area contributed by atoms with E-state index in [-0.39, 0.29) is 5.76 Å². The highest BCUT2D eigenvalue weighted by Gasteiger charge is 2.04. The number of rotatable bonds is 2. The predicted molar refractivity (Wildman–Crippen MR) is 36.6 cm³/mol. The highest BCUT2D eigenvalue weighted by atomic mass is 16.3. The molecule has 1 aromatic heterocycles. The molecule has 0 saturated carbocycles. The van der Waals surface area contributed by atoms with Crippen molar-refractivity contribution in [3.8, 4) is 0 Å². The third kappa shape index (κ3) is 1.18. The molecule has 0 aromatic carbocycles. The molecule has 0 unspecified atom stereocenters. The van der Waals surface area contributed by atoms with E-state index in [1.54, 1.807) is 12.1 Å². The first kappa shape index (κ1) is 6.86. The zero-order valence-corrected chi connectivity index (χ0v) is 5.76. The maximum absolute atomic E-state index is 10.5. The van der Waals surface area contributed by atoms with Crippen molar-refractivity contribution in [3.05, 3.63) is 23.7 Å². The van der Waals surface area contributed by atoms with Crippen LogP contribution in [0, 0.1) is 0 Å². The van der Waals surface area contributed by atoms with E-state index in [0.717, 1.165) is 12.2 Å². The van der Waals surface area contributed by atoms with Crippen molar-refractivity contribution in [1.29, 1.82) is 0 Å². The molecule has 0 radical (unpaired) electrons. The van der Waals surface area contributed by atoms with Crippen LogP contribution in [-0.4, -0.2) is 5.91 Å². The van der Waals surface area contributed by atoms with Gasteiger partial charge in [-0.05, 0) is 12.1 Å². The van der Waals surface area contributed by atoms with E-state index in [1.165, 1.54) is 0 Å². The summed E-state index contributed by atoms with van der Waals surface area (Å²) in [5.41, 5.74) is 4.95. The lowest BCUT2D eigenvalue weighted by Gasteiger charge is -1.86. The summed E-state index contributed by atoms with van der Waals surface area (Å²) in [7, 11) is 0. The van der Waals surface area contributed by atoms with Crippen molar-refractivity contribution >= 4 is 5.91 Å². The SMILES string of the molecule is CCc1ccc(C(N)=O)o1. The lowest BCUT2D eigenvalue weighted by Crippen LogP contribution is -2.09. The molecule has 54 valence electrons. The Bertz CT molecular complexity index is 240. The largest absolute Gasteiger partial charge is 0.456 e. The van der Waals surface area contributed by atoms with Gasteiger partial charge < -0.3 is 10.2 Å². The summed E-state index contributed by atoms with van der Waals surface area (Å²) in [5, 5.41) is 0. The van der Waals surface area contributed by atoms with Gasteiger partial charge in [0.1, 0.15) is 5.76 Å². The molecule has 0 bridgehead atoms. The normalized spacial score (nSPS) is 9.70. The van der Waals surface area contributed by atoms with Gasteiger partial charge in [0.05, 0.1) is 0 Å². The van der Waals surface area contributed by atoms with Crippen molar-refractivity contribution in [3.63, 3.8) is 0 Å². The highest BCUT2D eigenvalue weighted by molar-refractivity contribution is 5.89. The summed E-state index contributed by atoms with van der Waals surface area (Å²) in [5.74, 6) is 0.505. The molecule has 1 amide bonds. The van der Waals surface area contributed by atoms with Crippen molar-refractivity contribution in [2.24, 2.45) is 5.73 Å². The molecule has 0 aliphatic rings. The van der Waals surface area contributed by atoms with E-state index in [1.807, 2.05) is 6.92 Å². The van der Waals surface area contributed by atoms with E-state index in [4.69, 9.17) is 10.2 Å². The minimum absolute atomic E-state index is 0.233. The molecule has 1 heterocycles. The maximum Gasteiger partial charge on any atom is 0.284 e. The second kappa shape index (κ2) is 2.56. The quantitative estimate of drug-likeness (QED) is 0.662. The van der Waals surface area contributed by atoms with Gasteiger partial charge in [-0.1, -0.05) is 6.92 Å². The van der Waals surface area contributed by atoms with Crippen LogP contribution in [0.5, 0.6) is 0 Å². The maximum atomic E-state index is 10.5. The fourth-order valence-electron chi connectivity index (χ4n) is 0.700. The molecular weight excluding hydrogens is 130 g/mol. The molecule has 0 saturated heterocycles. The van der Waals surface area contributed by atoms with Crippen LogP contribution >= 0.6 is 0 Å². The summed E-state index contributed by atoms with van der Waals surface area (Å²) < 4.78 is 5.02. The van der Waals surface area contributed by atoms with Crippen LogP contribution in [0.15, 0.2) is 16.5 Å². The average molecular weight is 139 g/mol. The summed E-state index contributed by atoms with van der Waals surface area (Å²) in [6.45, 7) is 1.95. The van der Waals surface area contributed by atoms with E-state index in [2.05, 4.69) is 0 Å². The van der Waals surface area contributed by atoms with Crippen LogP contribution < -0.4 is 5.73 Å². The summed E-state index contributed by atoms with van der Waals surface area (Å²) in [6, 6.07) is 3.33. The first-order chi connectivity index (χ1) is 4.74. The lowest BCUT2D eigenvalue weighted by molar-refractivity contribution is 0.0972. The number of furan rings is 1. The van der Waals surface area contributed by atoms with Gasteiger partial charge in [0.15, 0.2) is 5.76 Å². The van der Waals surface area contributed by atoms with Gasteiger partial charge >= 0.3 is 0 Å². The molecule has 0 fully saturated rings. The van der Waals surface area contributed by atoms with Crippen LogP contribution in [0.1, 0.15) is 23.2 Å². The minimum atomic E-state index is -0.514. The Hall–Kier alpha value is -1.25. The molecule has 2 N–H and O–H groups in total. The van der Waals surface area contributed by atoms with Gasteiger partial charge in [-0.25, -0.2) is 0 Å². The van der Waals surface area contributed by atoms with Crippen LogP contribution in [0.2, 0.25) is 0 Å². The molecule has 10 heavy (non-hydrogen) atoms. The fraction of sp³-hybridized carbons (Fsp3) is 0.286. The molecule has 1 aromatic rings. The topological polar surface area (TPSA) is 56.2 Å². The number of carbonyl (C=O) groups is 1. The first-order valence-electron chi connectivity index (χ1n) is 3.12. The number of amides is 1. The van der Waals surface area contributed by atoms with Crippen molar-refractivity contribution in [2.45, 2.75) is 13.3 Å². The molecular formula is C7H9NO2. The standard InChI is InChI=1S/C7H9NO2/c1-2-5-3-4-6(10-5)7(8)9/h3-4H,2H2,1H3,(H2,8,9). The molecule has 3 nitrogen and oxygen atoms in total.